The summed E-state index contributed by atoms with van der Waals surface area (Å²) in [7, 11) is 1.65. The Balaban J connectivity index is 0.00000729. The van der Waals surface area contributed by atoms with E-state index in [0.717, 1.165) is 11.3 Å². The lowest BCUT2D eigenvalue weighted by Gasteiger charge is -2.21. The molecule has 1 aromatic rings. The highest BCUT2D eigenvalue weighted by atomic mass is 127. The average Bonchev–Trinajstić information content (AvgIpc) is 2.52. The molecule has 0 spiro atoms. The van der Waals surface area contributed by atoms with E-state index < -0.39 is 0 Å². The van der Waals surface area contributed by atoms with Gasteiger partial charge in [-0.05, 0) is 44.4 Å². The van der Waals surface area contributed by atoms with E-state index in [1.54, 1.807) is 7.05 Å². The molecule has 2 amide bonds. The Labute approximate surface area is 185 Å². The van der Waals surface area contributed by atoms with Crippen LogP contribution in [0.25, 0.3) is 0 Å². The van der Waals surface area contributed by atoms with Crippen molar-refractivity contribution in [3.05, 3.63) is 29.8 Å². The lowest BCUT2D eigenvalue weighted by molar-refractivity contribution is -0.121. The summed E-state index contributed by atoms with van der Waals surface area (Å²) in [6, 6.07) is 7.65. The van der Waals surface area contributed by atoms with Crippen LogP contribution in [-0.2, 0) is 16.1 Å². The first-order valence-corrected chi connectivity index (χ1v) is 9.23. The zero-order valence-electron chi connectivity index (χ0n) is 17.7. The van der Waals surface area contributed by atoms with Gasteiger partial charge in [0.1, 0.15) is 0 Å². The summed E-state index contributed by atoms with van der Waals surface area (Å²) in [5.74, 6) is 0.769. The first kappa shape index (κ1) is 26.2. The van der Waals surface area contributed by atoms with Crippen LogP contribution in [0.15, 0.2) is 29.3 Å². The number of nitrogens with zero attached hydrogens (tertiary/aromatic N) is 1. The normalized spacial score (nSPS) is 11.5. The Morgan fingerprint density at radius 3 is 2.36 bits per heavy atom. The number of hydrogen-bond donors (Lipinski definition) is 4. The molecular formula is C20H34IN5O2. The molecule has 0 aliphatic carbocycles. The SMILES string of the molecule is CN=C(NCC(=O)NC(C)(C)C)NCc1cccc(NC(=O)CC(C)C)c1.I. The Hall–Kier alpha value is -1.84. The molecule has 0 aliphatic heterocycles. The van der Waals surface area contributed by atoms with Gasteiger partial charge in [-0.3, -0.25) is 14.6 Å². The van der Waals surface area contributed by atoms with Crippen LogP contribution in [0.1, 0.15) is 46.6 Å². The third-order valence-corrected chi connectivity index (χ3v) is 3.42. The molecule has 1 aromatic carbocycles. The average molecular weight is 503 g/mol. The van der Waals surface area contributed by atoms with E-state index in [1.807, 2.05) is 58.9 Å². The highest BCUT2D eigenvalue weighted by Crippen LogP contribution is 2.12. The van der Waals surface area contributed by atoms with Crippen molar-refractivity contribution in [2.75, 3.05) is 18.9 Å². The number of anilines is 1. The van der Waals surface area contributed by atoms with E-state index in [-0.39, 0.29) is 47.9 Å². The Kier molecular flexibility index (Phi) is 11.8. The van der Waals surface area contributed by atoms with Gasteiger partial charge in [-0.1, -0.05) is 26.0 Å². The monoisotopic (exact) mass is 503 g/mol. The van der Waals surface area contributed by atoms with Crippen LogP contribution < -0.4 is 21.3 Å². The van der Waals surface area contributed by atoms with Crippen molar-refractivity contribution in [1.82, 2.24) is 16.0 Å². The number of carbonyl (C=O) groups is 2. The van der Waals surface area contributed by atoms with Crippen LogP contribution in [0, 0.1) is 5.92 Å². The fourth-order valence-corrected chi connectivity index (χ4v) is 2.37. The zero-order chi connectivity index (χ0) is 20.4. The van der Waals surface area contributed by atoms with Gasteiger partial charge in [-0.15, -0.1) is 24.0 Å². The van der Waals surface area contributed by atoms with Gasteiger partial charge >= 0.3 is 0 Å². The van der Waals surface area contributed by atoms with Crippen LogP contribution in [-0.4, -0.2) is 36.9 Å². The summed E-state index contributed by atoms with van der Waals surface area (Å²) < 4.78 is 0. The number of halogens is 1. The molecule has 8 heteroatoms. The summed E-state index contributed by atoms with van der Waals surface area (Å²) in [4.78, 5) is 27.9. The number of rotatable bonds is 7. The van der Waals surface area contributed by atoms with Gasteiger partial charge in [0, 0.05) is 31.2 Å². The summed E-state index contributed by atoms with van der Waals surface area (Å²) in [6.07, 6.45) is 0.496. The molecule has 0 atom stereocenters. The molecule has 0 saturated heterocycles. The number of hydrogen-bond acceptors (Lipinski definition) is 3. The Morgan fingerprint density at radius 1 is 1.11 bits per heavy atom. The van der Waals surface area contributed by atoms with Gasteiger partial charge in [-0.25, -0.2) is 0 Å². The van der Waals surface area contributed by atoms with Gasteiger partial charge in [0.15, 0.2) is 5.96 Å². The molecule has 0 aliphatic rings. The van der Waals surface area contributed by atoms with Crippen molar-refractivity contribution >= 4 is 47.4 Å². The maximum Gasteiger partial charge on any atom is 0.239 e. The second-order valence-electron chi connectivity index (χ2n) is 7.92. The minimum atomic E-state index is -0.268. The Morgan fingerprint density at radius 2 is 1.79 bits per heavy atom. The molecular weight excluding hydrogens is 469 g/mol. The third-order valence-electron chi connectivity index (χ3n) is 3.42. The van der Waals surface area contributed by atoms with Crippen molar-refractivity contribution in [3.8, 4) is 0 Å². The van der Waals surface area contributed by atoms with Gasteiger partial charge in [0.25, 0.3) is 0 Å². The number of aliphatic imine (C=N–C) groups is 1. The van der Waals surface area contributed by atoms with Crippen molar-refractivity contribution in [2.45, 2.75) is 53.1 Å². The number of benzene rings is 1. The lowest BCUT2D eigenvalue weighted by Crippen LogP contribution is -2.48. The summed E-state index contributed by atoms with van der Waals surface area (Å²) in [6.45, 7) is 10.5. The molecule has 0 fully saturated rings. The maximum absolute atomic E-state index is 11.9. The molecule has 0 saturated carbocycles. The summed E-state index contributed by atoms with van der Waals surface area (Å²) in [5, 5.41) is 11.9. The molecule has 0 bridgehead atoms. The van der Waals surface area contributed by atoms with Gasteiger partial charge in [0.2, 0.25) is 11.8 Å². The van der Waals surface area contributed by atoms with E-state index in [0.29, 0.717) is 24.8 Å². The van der Waals surface area contributed by atoms with Crippen molar-refractivity contribution in [3.63, 3.8) is 0 Å². The molecule has 0 radical (unpaired) electrons. The van der Waals surface area contributed by atoms with Crippen LogP contribution in [0.4, 0.5) is 5.69 Å². The summed E-state index contributed by atoms with van der Waals surface area (Å²) >= 11 is 0. The molecule has 4 N–H and O–H groups in total. The predicted molar refractivity (Wildman–Crippen MR) is 126 cm³/mol. The van der Waals surface area contributed by atoms with E-state index in [4.69, 9.17) is 0 Å². The number of carbonyl (C=O) groups excluding carboxylic acids is 2. The van der Waals surface area contributed by atoms with Gasteiger partial charge < -0.3 is 21.3 Å². The van der Waals surface area contributed by atoms with Gasteiger partial charge in [-0.2, -0.15) is 0 Å². The minimum absolute atomic E-state index is 0. The summed E-state index contributed by atoms with van der Waals surface area (Å²) in [5.41, 5.74) is 1.50. The molecule has 0 heterocycles. The standard InChI is InChI=1S/C20H33N5O2.HI/c1-14(2)10-17(26)24-16-9-7-8-15(11-16)12-22-19(21-6)23-13-18(27)25-20(3,4)5;/h7-9,11,14H,10,12-13H2,1-6H3,(H,24,26)(H,25,27)(H2,21,22,23);1H. The fourth-order valence-electron chi connectivity index (χ4n) is 2.37. The topological polar surface area (TPSA) is 94.6 Å². The highest BCUT2D eigenvalue weighted by Gasteiger charge is 2.13. The van der Waals surface area contributed by atoms with Crippen molar-refractivity contribution in [2.24, 2.45) is 10.9 Å². The quantitative estimate of drug-likeness (QED) is 0.262. The first-order chi connectivity index (χ1) is 12.6. The van der Waals surface area contributed by atoms with E-state index in [2.05, 4.69) is 26.3 Å². The molecule has 0 unspecified atom stereocenters. The minimum Gasteiger partial charge on any atom is -0.352 e. The van der Waals surface area contributed by atoms with Crippen molar-refractivity contribution < 1.29 is 9.59 Å². The van der Waals surface area contributed by atoms with E-state index in [1.165, 1.54) is 0 Å². The van der Waals surface area contributed by atoms with E-state index in [9.17, 15) is 9.59 Å². The largest absolute Gasteiger partial charge is 0.352 e. The third kappa shape index (κ3) is 11.8. The highest BCUT2D eigenvalue weighted by molar-refractivity contribution is 14.0. The molecule has 28 heavy (non-hydrogen) atoms. The first-order valence-electron chi connectivity index (χ1n) is 9.23. The van der Waals surface area contributed by atoms with Crippen LogP contribution in [0.2, 0.25) is 0 Å². The molecule has 0 aromatic heterocycles. The molecule has 158 valence electrons. The second-order valence-corrected chi connectivity index (χ2v) is 7.92. The second kappa shape index (κ2) is 12.6. The van der Waals surface area contributed by atoms with Crippen LogP contribution in [0.5, 0.6) is 0 Å². The zero-order valence-corrected chi connectivity index (χ0v) is 20.0. The van der Waals surface area contributed by atoms with Gasteiger partial charge in [0.05, 0.1) is 6.54 Å². The van der Waals surface area contributed by atoms with Crippen LogP contribution in [0.3, 0.4) is 0 Å². The number of amides is 2. The molecule has 7 nitrogen and oxygen atoms in total. The fraction of sp³-hybridized carbons (Fsp3) is 0.550. The smallest absolute Gasteiger partial charge is 0.239 e. The maximum atomic E-state index is 11.9. The lowest BCUT2D eigenvalue weighted by atomic mass is 10.1. The molecule has 1 rings (SSSR count). The number of nitrogens with one attached hydrogen (secondary N) is 4. The predicted octanol–water partition coefficient (Wildman–Crippen LogP) is 2.87. The van der Waals surface area contributed by atoms with Crippen LogP contribution >= 0.6 is 24.0 Å². The van der Waals surface area contributed by atoms with Crippen molar-refractivity contribution in [1.29, 1.82) is 0 Å². The number of guanidine groups is 1. The van der Waals surface area contributed by atoms with E-state index >= 15 is 0 Å². The Bertz CT molecular complexity index is 669.